The number of nitrogens with zero attached hydrogens (tertiary/aromatic N) is 4. The summed E-state index contributed by atoms with van der Waals surface area (Å²) in [5.74, 6) is 0.967. The van der Waals surface area contributed by atoms with E-state index in [1.165, 1.54) is 6.33 Å². The Morgan fingerprint density at radius 3 is 3.00 bits per heavy atom. The van der Waals surface area contributed by atoms with Crippen molar-refractivity contribution in [2.45, 2.75) is 25.8 Å². The molecule has 2 aliphatic rings. The van der Waals surface area contributed by atoms with E-state index < -0.39 is 0 Å². The number of carbonyl (C=O) groups is 2. The van der Waals surface area contributed by atoms with Gasteiger partial charge in [0.2, 0.25) is 5.91 Å². The highest BCUT2D eigenvalue weighted by molar-refractivity contribution is 6.00. The zero-order chi connectivity index (χ0) is 16.8. The van der Waals surface area contributed by atoms with E-state index in [0.29, 0.717) is 30.1 Å². The Balaban J connectivity index is 1.87. The number of ether oxygens (including phenoxy) is 1. The van der Waals surface area contributed by atoms with Gasteiger partial charge in [-0.3, -0.25) is 9.59 Å². The van der Waals surface area contributed by atoms with Gasteiger partial charge in [-0.25, -0.2) is 9.67 Å². The molecule has 0 aliphatic carbocycles. The van der Waals surface area contributed by atoms with Gasteiger partial charge in [0.25, 0.3) is 5.91 Å². The minimum atomic E-state index is -0.202. The summed E-state index contributed by atoms with van der Waals surface area (Å²) < 4.78 is 7.29. The van der Waals surface area contributed by atoms with E-state index in [2.05, 4.69) is 15.4 Å². The van der Waals surface area contributed by atoms with Crippen molar-refractivity contribution in [2.24, 2.45) is 0 Å². The van der Waals surface area contributed by atoms with Crippen LogP contribution in [0.4, 0.5) is 11.4 Å². The van der Waals surface area contributed by atoms with E-state index in [0.717, 1.165) is 11.4 Å². The summed E-state index contributed by atoms with van der Waals surface area (Å²) in [4.78, 5) is 30.0. The number of nitrogens with one attached hydrogen (secondary N) is 1. The van der Waals surface area contributed by atoms with Gasteiger partial charge in [-0.1, -0.05) is 0 Å². The standard InChI is InChI=1S/C16H17N5O3/c1-3-21-16(17-8-18-21)10-5-14(22)19-11-6-13-12(4-9(10)11)20(2)15(23)7-24-13/h4,6,8,10H,3,5,7H2,1-2H3,(H,19,22)/t10-/m0/s1. The van der Waals surface area contributed by atoms with E-state index in [4.69, 9.17) is 4.74 Å². The van der Waals surface area contributed by atoms with Crippen LogP contribution in [0.25, 0.3) is 0 Å². The maximum absolute atomic E-state index is 12.1. The average Bonchev–Trinajstić information content (AvgIpc) is 3.05. The van der Waals surface area contributed by atoms with Crippen LogP contribution in [0.15, 0.2) is 18.5 Å². The van der Waals surface area contributed by atoms with Crippen molar-refractivity contribution in [3.8, 4) is 5.75 Å². The number of likely N-dealkylation sites (N-methyl/N-ethyl adjacent to an activating group) is 1. The molecular weight excluding hydrogens is 310 g/mol. The SMILES string of the molecule is CCn1ncnc1[C@H]1CC(=O)Nc2cc3c(cc21)N(C)C(=O)CO3. The molecule has 8 nitrogen and oxygen atoms in total. The fraction of sp³-hybridized carbons (Fsp3) is 0.375. The van der Waals surface area contributed by atoms with Gasteiger partial charge < -0.3 is 15.0 Å². The maximum Gasteiger partial charge on any atom is 0.264 e. The van der Waals surface area contributed by atoms with Crippen LogP contribution < -0.4 is 15.0 Å². The van der Waals surface area contributed by atoms with Gasteiger partial charge >= 0.3 is 0 Å². The molecule has 0 saturated carbocycles. The Morgan fingerprint density at radius 1 is 1.38 bits per heavy atom. The van der Waals surface area contributed by atoms with Gasteiger partial charge in [0.05, 0.1) is 11.6 Å². The number of aryl methyl sites for hydroxylation is 1. The molecule has 1 aromatic heterocycles. The van der Waals surface area contributed by atoms with Gasteiger partial charge in [-0.15, -0.1) is 0 Å². The molecule has 1 aromatic carbocycles. The van der Waals surface area contributed by atoms with E-state index >= 15 is 0 Å². The van der Waals surface area contributed by atoms with E-state index in [1.54, 1.807) is 22.7 Å². The Kier molecular flexibility index (Phi) is 3.26. The second-order valence-corrected chi connectivity index (χ2v) is 5.89. The predicted octanol–water partition coefficient (Wildman–Crippen LogP) is 1.13. The highest BCUT2D eigenvalue weighted by atomic mass is 16.5. The Hall–Kier alpha value is -2.90. The number of hydrogen-bond acceptors (Lipinski definition) is 5. The van der Waals surface area contributed by atoms with Gasteiger partial charge in [0.15, 0.2) is 6.61 Å². The number of rotatable bonds is 2. The predicted molar refractivity (Wildman–Crippen MR) is 86.1 cm³/mol. The van der Waals surface area contributed by atoms with Crippen molar-refractivity contribution in [2.75, 3.05) is 23.9 Å². The van der Waals surface area contributed by atoms with Crippen LogP contribution >= 0.6 is 0 Å². The van der Waals surface area contributed by atoms with Crippen LogP contribution in [-0.2, 0) is 16.1 Å². The Labute approximate surface area is 138 Å². The Morgan fingerprint density at radius 2 is 2.21 bits per heavy atom. The molecule has 0 radical (unpaired) electrons. The first-order valence-corrected chi connectivity index (χ1v) is 7.83. The molecule has 0 bridgehead atoms. The van der Waals surface area contributed by atoms with Crippen molar-refractivity contribution in [3.05, 3.63) is 29.8 Å². The molecule has 8 heteroatoms. The van der Waals surface area contributed by atoms with Crippen LogP contribution in [-0.4, -0.2) is 40.2 Å². The third kappa shape index (κ3) is 2.14. The van der Waals surface area contributed by atoms with Crippen molar-refractivity contribution in [1.29, 1.82) is 0 Å². The average molecular weight is 327 g/mol. The van der Waals surface area contributed by atoms with Crippen LogP contribution in [0.2, 0.25) is 0 Å². The molecule has 3 heterocycles. The summed E-state index contributed by atoms with van der Waals surface area (Å²) >= 11 is 0. The molecule has 124 valence electrons. The number of aromatic nitrogens is 3. The van der Waals surface area contributed by atoms with Gasteiger partial charge in [0.1, 0.15) is 17.9 Å². The molecule has 24 heavy (non-hydrogen) atoms. The third-order valence-corrected chi connectivity index (χ3v) is 4.51. The van der Waals surface area contributed by atoms with Crippen molar-refractivity contribution in [1.82, 2.24) is 14.8 Å². The topological polar surface area (TPSA) is 89.4 Å². The van der Waals surface area contributed by atoms with Crippen LogP contribution in [0.1, 0.15) is 30.7 Å². The molecular formula is C16H17N5O3. The quantitative estimate of drug-likeness (QED) is 0.893. The molecule has 2 amide bonds. The van der Waals surface area contributed by atoms with Crippen LogP contribution in [0.5, 0.6) is 5.75 Å². The number of amides is 2. The smallest absolute Gasteiger partial charge is 0.264 e. The normalized spacial score (nSPS) is 19.4. The third-order valence-electron chi connectivity index (χ3n) is 4.51. The molecule has 0 unspecified atom stereocenters. The fourth-order valence-corrected chi connectivity index (χ4v) is 3.24. The largest absolute Gasteiger partial charge is 0.481 e. The second kappa shape index (κ2) is 5.33. The summed E-state index contributed by atoms with van der Waals surface area (Å²) in [5.41, 5.74) is 2.32. The first-order chi connectivity index (χ1) is 11.6. The highest BCUT2D eigenvalue weighted by Gasteiger charge is 2.33. The lowest BCUT2D eigenvalue weighted by atomic mass is 9.88. The molecule has 1 atom stereocenters. The molecule has 0 saturated heterocycles. The first-order valence-electron chi connectivity index (χ1n) is 7.83. The molecule has 4 rings (SSSR count). The molecule has 1 N–H and O–H groups in total. The van der Waals surface area contributed by atoms with Gasteiger partial charge in [0, 0.05) is 31.8 Å². The van der Waals surface area contributed by atoms with Crippen LogP contribution in [0.3, 0.4) is 0 Å². The lowest BCUT2D eigenvalue weighted by Gasteiger charge is -2.31. The van der Waals surface area contributed by atoms with Crippen molar-refractivity contribution < 1.29 is 14.3 Å². The number of fused-ring (bicyclic) bond motifs is 2. The molecule has 2 aromatic rings. The molecule has 0 spiro atoms. The lowest BCUT2D eigenvalue weighted by molar-refractivity contribution is -0.121. The first kappa shape index (κ1) is 14.7. The highest BCUT2D eigenvalue weighted by Crippen LogP contribution is 2.43. The minimum absolute atomic E-state index is 0.00379. The zero-order valence-electron chi connectivity index (χ0n) is 13.4. The van der Waals surface area contributed by atoms with E-state index in [-0.39, 0.29) is 24.3 Å². The second-order valence-electron chi connectivity index (χ2n) is 5.89. The summed E-state index contributed by atoms with van der Waals surface area (Å²) in [7, 11) is 1.72. The molecule has 2 aliphatic heterocycles. The number of carbonyl (C=O) groups excluding carboxylic acids is 2. The Bertz CT molecular complexity index is 844. The minimum Gasteiger partial charge on any atom is -0.481 e. The van der Waals surface area contributed by atoms with E-state index in [9.17, 15) is 9.59 Å². The summed E-state index contributed by atoms with van der Waals surface area (Å²) in [6.45, 7) is 2.66. The summed E-state index contributed by atoms with van der Waals surface area (Å²) in [6, 6.07) is 3.69. The molecule has 0 fully saturated rings. The number of hydrogen-bond donors (Lipinski definition) is 1. The number of anilines is 2. The van der Waals surface area contributed by atoms with Gasteiger partial charge in [-0.05, 0) is 18.6 Å². The summed E-state index contributed by atoms with van der Waals surface area (Å²) in [5, 5.41) is 7.09. The lowest BCUT2D eigenvalue weighted by Crippen LogP contribution is -2.36. The van der Waals surface area contributed by atoms with E-state index in [1.807, 2.05) is 13.0 Å². The van der Waals surface area contributed by atoms with Crippen molar-refractivity contribution in [3.63, 3.8) is 0 Å². The van der Waals surface area contributed by atoms with Gasteiger partial charge in [-0.2, -0.15) is 5.10 Å². The zero-order valence-corrected chi connectivity index (χ0v) is 13.4. The van der Waals surface area contributed by atoms with Crippen LogP contribution in [0, 0.1) is 0 Å². The fourth-order valence-electron chi connectivity index (χ4n) is 3.24. The maximum atomic E-state index is 12.1. The van der Waals surface area contributed by atoms with Crippen molar-refractivity contribution >= 4 is 23.2 Å². The number of benzene rings is 1. The summed E-state index contributed by atoms with van der Waals surface area (Å²) in [6.07, 6.45) is 1.80. The monoisotopic (exact) mass is 327 g/mol.